The number of Topliss-reactive ketones (excluding diaryl/α,β-unsaturated/α-hetero) is 1. The molecule has 3 aromatic carbocycles. The van der Waals surface area contributed by atoms with Crippen LogP contribution in [0.2, 0.25) is 0 Å². The summed E-state index contributed by atoms with van der Waals surface area (Å²) in [7, 11) is 0. The van der Waals surface area contributed by atoms with E-state index >= 15 is 0 Å². The van der Waals surface area contributed by atoms with E-state index in [0.29, 0.717) is 18.4 Å². The molecule has 1 fully saturated rings. The van der Waals surface area contributed by atoms with Crippen LogP contribution in [0.1, 0.15) is 86.1 Å². The van der Waals surface area contributed by atoms with Crippen LogP contribution >= 0.6 is 0 Å². The highest BCUT2D eigenvalue weighted by molar-refractivity contribution is 5.99. The topological polar surface area (TPSA) is 161 Å². The molecule has 0 aliphatic carbocycles. The van der Waals surface area contributed by atoms with Gasteiger partial charge in [0.25, 0.3) is 5.91 Å². The number of ether oxygens (including phenoxy) is 2. The molecule has 16 heteroatoms. The summed E-state index contributed by atoms with van der Waals surface area (Å²) in [6.07, 6.45) is -2.01. The summed E-state index contributed by atoms with van der Waals surface area (Å²) in [6.45, 7) is 10.1. The lowest BCUT2D eigenvalue weighted by Crippen LogP contribution is -2.59. The Morgan fingerprint density at radius 1 is 0.867 bits per heavy atom. The maximum atomic E-state index is 14.3. The fraction of sp³-hybridized carbons (Fsp3) is 0.409. The summed E-state index contributed by atoms with van der Waals surface area (Å²) in [4.78, 5) is 73.2. The minimum Gasteiger partial charge on any atom is -0.444 e. The fourth-order valence-electron chi connectivity index (χ4n) is 6.55. The number of amides is 4. The van der Waals surface area contributed by atoms with Crippen molar-refractivity contribution in [1.82, 2.24) is 25.1 Å². The van der Waals surface area contributed by atoms with Gasteiger partial charge in [-0.25, -0.2) is 9.78 Å². The molecule has 4 amide bonds. The van der Waals surface area contributed by atoms with Crippen molar-refractivity contribution in [2.45, 2.75) is 90.4 Å². The predicted octanol–water partition coefficient (Wildman–Crippen LogP) is 6.86. The first-order valence-corrected chi connectivity index (χ1v) is 19.5. The number of carbonyl (C=O) groups excluding carboxylic acids is 5. The van der Waals surface area contributed by atoms with Crippen molar-refractivity contribution < 1.29 is 46.6 Å². The summed E-state index contributed by atoms with van der Waals surface area (Å²) in [6, 6.07) is 18.2. The van der Waals surface area contributed by atoms with Crippen molar-refractivity contribution in [1.29, 1.82) is 0 Å². The lowest BCUT2D eigenvalue weighted by molar-refractivity contribution is -0.137. The number of hydrogen-bond acceptors (Lipinski definition) is 8. The molecule has 1 aliphatic rings. The molecule has 13 nitrogen and oxygen atoms in total. The molecule has 1 saturated heterocycles. The number of aromatic nitrogens is 2. The van der Waals surface area contributed by atoms with E-state index in [2.05, 4.69) is 20.9 Å². The number of aryl methyl sites for hydroxylation is 1. The zero-order chi connectivity index (χ0) is 43.8. The van der Waals surface area contributed by atoms with Crippen LogP contribution in [0.5, 0.6) is 0 Å². The molecular formula is C44H51F3N6O7. The molecule has 2 unspecified atom stereocenters. The average Bonchev–Trinajstić information content (AvgIpc) is 3.64. The number of anilines is 1. The zero-order valence-electron chi connectivity index (χ0n) is 34.5. The van der Waals surface area contributed by atoms with Crippen molar-refractivity contribution in [2.24, 2.45) is 5.92 Å². The largest absolute Gasteiger partial charge is 0.444 e. The van der Waals surface area contributed by atoms with E-state index in [9.17, 15) is 37.1 Å². The number of nitrogens with zero attached hydrogens (tertiary/aromatic N) is 3. The number of alkyl carbamates (subject to hydrolysis) is 1. The normalized spacial score (nSPS) is 14.8. The highest BCUT2D eigenvalue weighted by Gasteiger charge is 2.37. The van der Waals surface area contributed by atoms with Crippen LogP contribution in [-0.2, 0) is 36.6 Å². The summed E-state index contributed by atoms with van der Waals surface area (Å²) in [5.41, 5.74) is -0.584. The number of likely N-dealkylation sites (tertiary alicyclic amines) is 1. The third kappa shape index (κ3) is 12.3. The van der Waals surface area contributed by atoms with Gasteiger partial charge in [0, 0.05) is 30.8 Å². The number of benzene rings is 3. The van der Waals surface area contributed by atoms with Crippen LogP contribution in [-0.4, -0.2) is 80.9 Å². The Kier molecular flexibility index (Phi) is 14.2. The molecule has 0 spiro atoms. The van der Waals surface area contributed by atoms with E-state index in [0.717, 1.165) is 23.3 Å². The molecule has 3 N–H and O–H groups in total. The number of nitrogens with one attached hydrogen (secondary N) is 3. The van der Waals surface area contributed by atoms with Crippen LogP contribution in [0.25, 0.3) is 0 Å². The smallest absolute Gasteiger partial charge is 0.416 e. The summed E-state index contributed by atoms with van der Waals surface area (Å²) >= 11 is 0. The van der Waals surface area contributed by atoms with Gasteiger partial charge < -0.3 is 34.9 Å². The van der Waals surface area contributed by atoms with Gasteiger partial charge in [0.05, 0.1) is 25.1 Å². The Bertz CT molecular complexity index is 2120. The first kappa shape index (κ1) is 45.1. The van der Waals surface area contributed by atoms with E-state index in [1.165, 1.54) is 43.1 Å². The van der Waals surface area contributed by atoms with Gasteiger partial charge in [0.1, 0.15) is 23.2 Å². The summed E-state index contributed by atoms with van der Waals surface area (Å²) in [5, 5.41) is 7.78. The molecule has 5 rings (SSSR count). The highest BCUT2D eigenvalue weighted by Crippen LogP contribution is 2.32. The quantitative estimate of drug-likeness (QED) is 0.116. The van der Waals surface area contributed by atoms with E-state index < -0.39 is 58.8 Å². The number of hydrogen-bond donors (Lipinski definition) is 3. The molecule has 0 radical (unpaired) electrons. The molecule has 0 bridgehead atoms. The lowest BCUT2D eigenvalue weighted by Gasteiger charge is -2.34. The first-order valence-electron chi connectivity index (χ1n) is 19.5. The van der Waals surface area contributed by atoms with Crippen molar-refractivity contribution in [2.75, 3.05) is 25.0 Å². The van der Waals surface area contributed by atoms with Gasteiger partial charge in [-0.3, -0.25) is 19.2 Å². The lowest BCUT2D eigenvalue weighted by atomic mass is 9.88. The molecule has 1 aliphatic heterocycles. The molecule has 1 aromatic heterocycles. The highest BCUT2D eigenvalue weighted by atomic mass is 19.4. The third-order valence-corrected chi connectivity index (χ3v) is 9.85. The van der Waals surface area contributed by atoms with Crippen molar-refractivity contribution >= 4 is 35.4 Å². The molecule has 0 saturated carbocycles. The van der Waals surface area contributed by atoms with E-state index in [4.69, 9.17) is 9.47 Å². The molecule has 60 heavy (non-hydrogen) atoms. The van der Waals surface area contributed by atoms with Gasteiger partial charge in [0.2, 0.25) is 11.8 Å². The number of halogens is 3. The second-order valence-electron chi connectivity index (χ2n) is 16.3. The standard InChI is InChI=1S/C44H51F3N6O7/c1-28-12-14-31(15-13-28)37(54)32-20-22-52(23-21-32)39(56)36(30-16-18-33(19-17-30)44(45,46)47)53-24-35(48-27-53)50-38(55)34(26-59-25-29-10-8-7-9-11-29)49-40(57)43(5,6)51-41(58)60-42(2,3)4/h7-19,24,27,32,34,36H,20-23,25-26H2,1-6H3,(H,49,57)(H,50,55)(H,51,58). The first-order chi connectivity index (χ1) is 28.2. The number of rotatable bonds is 14. The monoisotopic (exact) mass is 832 g/mol. The number of alkyl halides is 3. The number of carbonyl (C=O) groups is 5. The Hall–Kier alpha value is -6.03. The maximum Gasteiger partial charge on any atom is 0.416 e. The second-order valence-corrected chi connectivity index (χ2v) is 16.3. The predicted molar refractivity (Wildman–Crippen MR) is 217 cm³/mol. The fourth-order valence-corrected chi connectivity index (χ4v) is 6.55. The molecular weight excluding hydrogens is 782 g/mol. The minimum atomic E-state index is -4.60. The Morgan fingerprint density at radius 3 is 2.10 bits per heavy atom. The van der Waals surface area contributed by atoms with Gasteiger partial charge in [-0.2, -0.15) is 13.2 Å². The Balaban J connectivity index is 1.34. The van der Waals surface area contributed by atoms with Crippen molar-refractivity contribution in [3.8, 4) is 0 Å². The van der Waals surface area contributed by atoms with Gasteiger partial charge in [-0.05, 0) is 77.6 Å². The molecule has 2 atom stereocenters. The van der Waals surface area contributed by atoms with E-state index in [-0.39, 0.29) is 49.4 Å². The van der Waals surface area contributed by atoms with Crippen LogP contribution in [0.3, 0.4) is 0 Å². The van der Waals surface area contributed by atoms with Crippen molar-refractivity contribution in [3.05, 3.63) is 119 Å². The third-order valence-electron chi connectivity index (χ3n) is 9.85. The van der Waals surface area contributed by atoms with Crippen LogP contribution in [0.4, 0.5) is 23.8 Å². The zero-order valence-corrected chi connectivity index (χ0v) is 34.5. The Labute approximate surface area is 347 Å². The SMILES string of the molecule is Cc1ccc(C(=O)C2CCN(C(=O)C(c3ccc(C(F)(F)F)cc3)n3cnc(NC(=O)C(COCc4ccccc4)NC(=O)C(C)(C)NC(=O)OC(C)(C)C)c3)CC2)cc1. The number of imidazole rings is 1. The van der Waals surface area contributed by atoms with Gasteiger partial charge in [-0.1, -0.05) is 72.3 Å². The number of piperidine rings is 1. The van der Waals surface area contributed by atoms with Gasteiger partial charge in [0.15, 0.2) is 11.6 Å². The average molecular weight is 833 g/mol. The van der Waals surface area contributed by atoms with Crippen molar-refractivity contribution in [3.63, 3.8) is 0 Å². The molecule has 4 aromatic rings. The summed E-state index contributed by atoms with van der Waals surface area (Å²) < 4.78 is 53.1. The van der Waals surface area contributed by atoms with Crippen LogP contribution in [0, 0.1) is 12.8 Å². The van der Waals surface area contributed by atoms with Crippen LogP contribution < -0.4 is 16.0 Å². The maximum absolute atomic E-state index is 14.3. The van der Waals surface area contributed by atoms with E-state index in [1.807, 2.05) is 49.4 Å². The summed E-state index contributed by atoms with van der Waals surface area (Å²) in [5.74, 6) is -2.25. The van der Waals surface area contributed by atoms with Crippen LogP contribution in [0.15, 0.2) is 91.4 Å². The van der Waals surface area contributed by atoms with E-state index in [1.54, 1.807) is 37.8 Å². The molecule has 2 heterocycles. The van der Waals surface area contributed by atoms with Gasteiger partial charge >= 0.3 is 12.3 Å². The number of ketones is 1. The minimum absolute atomic E-state index is 0.0146. The Morgan fingerprint density at radius 2 is 1.50 bits per heavy atom. The van der Waals surface area contributed by atoms with Gasteiger partial charge in [-0.15, -0.1) is 0 Å². The molecule has 320 valence electrons. The second kappa shape index (κ2) is 18.9.